The molecule has 1 aliphatic heterocycles. The number of rotatable bonds is 2. The van der Waals surface area contributed by atoms with Gasteiger partial charge in [0, 0.05) is 12.6 Å². The molecule has 1 heterocycles. The molecule has 0 amide bonds. The molecule has 0 radical (unpaired) electrons. The first-order valence-corrected chi connectivity index (χ1v) is 3.20. The Bertz CT molecular complexity index is 112. The fourth-order valence-electron chi connectivity index (χ4n) is 1.25. The summed E-state index contributed by atoms with van der Waals surface area (Å²) < 4.78 is 6.52. The predicted molar refractivity (Wildman–Crippen MR) is 34.1 cm³/mol. The number of hydrogen-bond acceptors (Lipinski definition) is 3. The van der Waals surface area contributed by atoms with Crippen LogP contribution in [0.25, 0.3) is 0 Å². The molecule has 54 valence electrons. The summed E-state index contributed by atoms with van der Waals surface area (Å²) in [6.07, 6.45) is 0.500. The first-order chi connectivity index (χ1) is 4.74. The largest absolute Gasteiger partial charge is 0.395 e. The maximum absolute atomic E-state index is 9.14. The van der Waals surface area contributed by atoms with Gasteiger partial charge in [-0.2, -0.15) is 0 Å². The molecule has 1 rings (SSSR count). The second kappa shape index (κ2) is 2.64. The zero-order valence-corrected chi connectivity index (χ0v) is 5.58. The highest BCUT2D eigenvalue weighted by atomic mass is 16.3. The Labute approximate surface area is 56.4 Å². The van der Waals surface area contributed by atoms with E-state index in [0.717, 1.165) is 6.42 Å². The number of β-amino-alcohol motifs (C(OH)–C–C–N with tert-alkyl or cyclic N) is 1. The number of aliphatic hydroxyl groups is 2. The van der Waals surface area contributed by atoms with E-state index in [2.05, 4.69) is 5.11 Å². The van der Waals surface area contributed by atoms with Crippen LogP contribution in [-0.2, 0) is 0 Å². The second-order valence-corrected chi connectivity index (χ2v) is 2.65. The lowest BCUT2D eigenvalue weighted by Crippen LogP contribution is -2.27. The first-order valence-electron chi connectivity index (χ1n) is 3.61. The minimum Gasteiger partial charge on any atom is -0.395 e. The van der Waals surface area contributed by atoms with Gasteiger partial charge in [0.2, 0.25) is 1.43 Å². The van der Waals surface area contributed by atoms with Crippen molar-refractivity contribution in [3.8, 4) is 0 Å². The highest BCUT2D eigenvalue weighted by Gasteiger charge is 2.26. The van der Waals surface area contributed by atoms with Crippen molar-refractivity contribution in [2.24, 2.45) is 0 Å². The van der Waals surface area contributed by atoms with Crippen LogP contribution < -0.4 is 0 Å². The van der Waals surface area contributed by atoms with Gasteiger partial charge in [0.15, 0.2) is 0 Å². The molecule has 2 atom stereocenters. The van der Waals surface area contributed by atoms with Gasteiger partial charge in [0.25, 0.3) is 0 Å². The Morgan fingerprint density at radius 1 is 1.89 bits per heavy atom. The van der Waals surface area contributed by atoms with Gasteiger partial charge in [-0.25, -0.2) is 0 Å². The standard InChI is InChI=1S/C6H13NO2/c1-7-3-6(9)2-5(7)4-8/h5-6,8-9H,2-4H2,1H3/t5-,6+/m0/s1/i8T. The van der Waals surface area contributed by atoms with Gasteiger partial charge in [-0.05, 0) is 13.5 Å². The predicted octanol–water partition coefficient (Wildman–Crippen LogP) is -0.956. The lowest BCUT2D eigenvalue weighted by molar-refractivity contribution is 0.180. The summed E-state index contributed by atoms with van der Waals surface area (Å²) in [6, 6.07) is 0.229. The minimum absolute atomic E-state index is 0.229. The Morgan fingerprint density at radius 2 is 2.67 bits per heavy atom. The van der Waals surface area contributed by atoms with Crippen molar-refractivity contribution in [3.63, 3.8) is 0 Å². The summed E-state index contributed by atoms with van der Waals surface area (Å²) in [5, 5.41) is 13.4. The minimum atomic E-state index is -0.231. The summed E-state index contributed by atoms with van der Waals surface area (Å²) in [5.41, 5.74) is 0. The van der Waals surface area contributed by atoms with Gasteiger partial charge in [0.05, 0.1) is 12.7 Å². The lowest BCUT2D eigenvalue weighted by atomic mass is 10.2. The topological polar surface area (TPSA) is 43.7 Å². The van der Waals surface area contributed by atoms with Crippen molar-refractivity contribution >= 4 is 0 Å². The smallest absolute Gasteiger partial charge is 0.210 e. The average Bonchev–Trinajstić information content (AvgIpc) is 2.13. The van der Waals surface area contributed by atoms with E-state index in [1.807, 2.05) is 11.9 Å². The molecule has 0 aromatic heterocycles. The summed E-state index contributed by atoms with van der Waals surface area (Å²) in [6.45, 7) is 1.10. The Morgan fingerprint density at radius 3 is 3.11 bits per heavy atom. The van der Waals surface area contributed by atoms with Gasteiger partial charge < -0.3 is 10.2 Å². The third-order valence-electron chi connectivity index (χ3n) is 1.86. The molecule has 0 aromatic rings. The van der Waals surface area contributed by atoms with Crippen LogP contribution in [0, 0.1) is 0 Å². The molecule has 1 saturated heterocycles. The second-order valence-electron chi connectivity index (χ2n) is 2.65. The quantitative estimate of drug-likeness (QED) is 0.510. The number of likely N-dealkylation sites (N-methyl/N-ethyl adjacent to an activating group) is 1. The molecule has 0 aliphatic carbocycles. The van der Waals surface area contributed by atoms with Crippen molar-refractivity contribution in [1.29, 1.82) is 1.43 Å². The zero-order valence-electron chi connectivity index (χ0n) is 6.58. The number of hydrogen-bond donors (Lipinski definition) is 2. The Balaban J connectivity index is 2.31. The molecular formula is C6H13NO2. The zero-order chi connectivity index (χ0) is 7.56. The summed E-state index contributed by atoms with van der Waals surface area (Å²) in [7, 11) is 1.93. The number of aliphatic hydroxyl groups excluding tert-OH is 2. The van der Waals surface area contributed by atoms with Crippen LogP contribution in [0.1, 0.15) is 6.42 Å². The number of likely N-dealkylation sites (tertiary alicyclic amines) is 1. The van der Waals surface area contributed by atoms with Crippen molar-refractivity contribution in [3.05, 3.63) is 0 Å². The fraction of sp³-hybridized carbons (Fsp3) is 1.00. The van der Waals surface area contributed by atoms with E-state index in [1.54, 1.807) is 0 Å². The van der Waals surface area contributed by atoms with Crippen molar-refractivity contribution in [2.75, 3.05) is 20.2 Å². The molecule has 0 spiro atoms. The van der Waals surface area contributed by atoms with Crippen molar-refractivity contribution < 1.29 is 10.2 Å². The third kappa shape index (κ3) is 1.41. The van der Waals surface area contributed by atoms with Crippen LogP contribution in [0.4, 0.5) is 0 Å². The molecule has 1 fully saturated rings. The van der Waals surface area contributed by atoms with Crippen LogP contribution in [0.5, 0.6) is 0 Å². The molecule has 3 heteroatoms. The third-order valence-corrected chi connectivity index (χ3v) is 1.86. The van der Waals surface area contributed by atoms with E-state index in [0.29, 0.717) is 13.2 Å². The number of nitrogens with zero attached hydrogens (tertiary/aromatic N) is 1. The lowest BCUT2D eigenvalue weighted by Gasteiger charge is -2.14. The molecular weight excluding hydrogens is 118 g/mol. The summed E-state index contributed by atoms with van der Waals surface area (Å²) in [4.78, 5) is 2.01. The Hall–Kier alpha value is -0.120. The first kappa shape index (κ1) is 5.65. The summed E-state index contributed by atoms with van der Waals surface area (Å²) in [5.74, 6) is 0. The molecule has 0 bridgehead atoms. The van der Waals surface area contributed by atoms with Gasteiger partial charge in [-0.3, -0.25) is 4.90 Å². The van der Waals surface area contributed by atoms with Gasteiger partial charge in [0.1, 0.15) is 0 Å². The molecule has 9 heavy (non-hydrogen) atoms. The molecule has 2 N–H and O–H groups in total. The monoisotopic (exact) mass is 133 g/mol. The average molecular weight is 133 g/mol. The molecule has 1 aliphatic rings. The van der Waals surface area contributed by atoms with Crippen LogP contribution >= 0.6 is 0 Å². The van der Waals surface area contributed by atoms with Crippen molar-refractivity contribution in [1.82, 2.24) is 4.90 Å². The van der Waals surface area contributed by atoms with Crippen LogP contribution in [0.15, 0.2) is 0 Å². The normalized spacial score (nSPS) is 39.1. The van der Waals surface area contributed by atoms with E-state index in [-0.39, 0.29) is 12.1 Å². The van der Waals surface area contributed by atoms with Crippen LogP contribution in [0.3, 0.4) is 0 Å². The molecule has 0 unspecified atom stereocenters. The van der Waals surface area contributed by atoms with Crippen molar-refractivity contribution in [2.45, 2.75) is 18.6 Å². The van der Waals surface area contributed by atoms with E-state index < -0.39 is 0 Å². The van der Waals surface area contributed by atoms with Gasteiger partial charge in [-0.15, -0.1) is 0 Å². The highest BCUT2D eigenvalue weighted by molar-refractivity contribution is 4.81. The SMILES string of the molecule is [3H]OC[C@@H]1C[C@@H](O)CN1C. The maximum atomic E-state index is 9.14. The maximum Gasteiger partial charge on any atom is 0.210 e. The summed E-state index contributed by atoms with van der Waals surface area (Å²) >= 11 is 0. The van der Waals surface area contributed by atoms with Crippen LogP contribution in [0.2, 0.25) is 0 Å². The van der Waals surface area contributed by atoms with E-state index in [9.17, 15) is 0 Å². The molecule has 0 saturated carbocycles. The highest BCUT2D eigenvalue weighted by Crippen LogP contribution is 2.13. The van der Waals surface area contributed by atoms with E-state index in [1.165, 1.54) is 0 Å². The van der Waals surface area contributed by atoms with E-state index in [4.69, 9.17) is 6.54 Å². The fourth-order valence-corrected chi connectivity index (χ4v) is 1.25. The van der Waals surface area contributed by atoms with Gasteiger partial charge >= 0.3 is 0 Å². The van der Waals surface area contributed by atoms with Crippen LogP contribution in [-0.4, -0.2) is 48.9 Å². The molecule has 3 nitrogen and oxygen atoms in total. The van der Waals surface area contributed by atoms with Gasteiger partial charge in [-0.1, -0.05) is 0 Å². The van der Waals surface area contributed by atoms with E-state index >= 15 is 0 Å². The Kier molecular flexibility index (Phi) is 1.66. The molecule has 0 aromatic carbocycles.